The molecule has 1 atom stereocenters. The van der Waals surface area contributed by atoms with Crippen LogP contribution in [0.1, 0.15) is 18.4 Å². The Hall–Kier alpha value is -0.190. The van der Waals surface area contributed by atoms with E-state index in [0.717, 1.165) is 20.7 Å². The minimum Gasteiger partial charge on any atom is -0.494 e. The van der Waals surface area contributed by atoms with Gasteiger partial charge in [-0.1, -0.05) is 6.92 Å². The van der Waals surface area contributed by atoms with Crippen molar-refractivity contribution < 1.29 is 9.84 Å². The molecule has 0 aliphatic heterocycles. The molecule has 4 heteroatoms. The Balaban J connectivity index is 3.19. The number of aliphatic hydroxyl groups excluding tert-OH is 1. The van der Waals surface area contributed by atoms with Gasteiger partial charge in [0.25, 0.3) is 0 Å². The SMILES string of the molecule is COc1c(Br)cc(C(C)CO)cc1SC. The van der Waals surface area contributed by atoms with Crippen LogP contribution in [0, 0.1) is 0 Å². The molecule has 0 radical (unpaired) electrons. The van der Waals surface area contributed by atoms with Gasteiger partial charge in [0.15, 0.2) is 0 Å². The summed E-state index contributed by atoms with van der Waals surface area (Å²) in [6.45, 7) is 2.16. The molecule has 15 heavy (non-hydrogen) atoms. The van der Waals surface area contributed by atoms with E-state index in [2.05, 4.69) is 22.0 Å². The zero-order valence-electron chi connectivity index (χ0n) is 9.08. The van der Waals surface area contributed by atoms with Crippen LogP contribution in [0.2, 0.25) is 0 Å². The number of hydrogen-bond donors (Lipinski definition) is 1. The Bertz CT molecular complexity index is 342. The molecule has 0 aliphatic rings. The van der Waals surface area contributed by atoms with Crippen molar-refractivity contribution in [3.8, 4) is 5.75 Å². The Labute approximate surface area is 103 Å². The molecule has 0 saturated heterocycles. The fraction of sp³-hybridized carbons (Fsp3) is 0.455. The summed E-state index contributed by atoms with van der Waals surface area (Å²) in [4.78, 5) is 1.09. The molecule has 0 aliphatic carbocycles. The molecule has 1 unspecified atom stereocenters. The van der Waals surface area contributed by atoms with Crippen molar-refractivity contribution >= 4 is 27.7 Å². The van der Waals surface area contributed by atoms with E-state index < -0.39 is 0 Å². The Morgan fingerprint density at radius 3 is 2.67 bits per heavy atom. The third-order valence-corrected chi connectivity index (χ3v) is 3.63. The summed E-state index contributed by atoms with van der Waals surface area (Å²) in [6.07, 6.45) is 2.01. The molecule has 1 N–H and O–H groups in total. The van der Waals surface area contributed by atoms with Crippen LogP contribution in [0.5, 0.6) is 5.75 Å². The molecule has 0 amide bonds. The van der Waals surface area contributed by atoms with Crippen LogP contribution in [0.3, 0.4) is 0 Å². The van der Waals surface area contributed by atoms with Crippen molar-refractivity contribution in [3.05, 3.63) is 22.2 Å². The smallest absolute Gasteiger partial charge is 0.146 e. The van der Waals surface area contributed by atoms with Crippen LogP contribution in [0.25, 0.3) is 0 Å². The van der Waals surface area contributed by atoms with Gasteiger partial charge < -0.3 is 9.84 Å². The molecule has 1 aromatic rings. The highest BCUT2D eigenvalue weighted by Gasteiger charge is 2.12. The Morgan fingerprint density at radius 1 is 1.53 bits per heavy atom. The van der Waals surface area contributed by atoms with E-state index >= 15 is 0 Å². The van der Waals surface area contributed by atoms with E-state index in [0.29, 0.717) is 0 Å². The van der Waals surface area contributed by atoms with Crippen molar-refractivity contribution in [2.24, 2.45) is 0 Å². The van der Waals surface area contributed by atoms with Crippen molar-refractivity contribution in [1.29, 1.82) is 0 Å². The fourth-order valence-electron chi connectivity index (χ4n) is 1.33. The number of ether oxygens (including phenoxy) is 1. The first kappa shape index (κ1) is 12.9. The second-order valence-corrected chi connectivity index (χ2v) is 5.02. The lowest BCUT2D eigenvalue weighted by atomic mass is 10.0. The molecule has 84 valence electrons. The van der Waals surface area contributed by atoms with E-state index in [4.69, 9.17) is 9.84 Å². The molecule has 1 rings (SSSR count). The van der Waals surface area contributed by atoms with Gasteiger partial charge in [0.1, 0.15) is 5.75 Å². The number of thioether (sulfide) groups is 1. The maximum atomic E-state index is 9.12. The maximum Gasteiger partial charge on any atom is 0.146 e. The number of hydrogen-bond acceptors (Lipinski definition) is 3. The average Bonchev–Trinajstić information content (AvgIpc) is 2.26. The topological polar surface area (TPSA) is 29.5 Å². The first-order valence-corrected chi connectivity index (χ1v) is 6.68. The van der Waals surface area contributed by atoms with Gasteiger partial charge in [-0.2, -0.15) is 0 Å². The lowest BCUT2D eigenvalue weighted by Gasteiger charge is -2.14. The molecule has 1 aromatic carbocycles. The van der Waals surface area contributed by atoms with Crippen LogP contribution in [-0.4, -0.2) is 25.1 Å². The molecule has 0 bridgehead atoms. The van der Waals surface area contributed by atoms with E-state index in [9.17, 15) is 0 Å². The summed E-state index contributed by atoms with van der Waals surface area (Å²) in [5.74, 6) is 1.01. The van der Waals surface area contributed by atoms with Gasteiger partial charge in [-0.15, -0.1) is 11.8 Å². The van der Waals surface area contributed by atoms with Crippen molar-refractivity contribution in [3.63, 3.8) is 0 Å². The predicted octanol–water partition coefficient (Wildman–Crippen LogP) is 3.28. The molecule has 0 heterocycles. The third kappa shape index (κ3) is 2.89. The van der Waals surface area contributed by atoms with Gasteiger partial charge in [0.05, 0.1) is 16.5 Å². The van der Waals surface area contributed by atoms with Crippen molar-refractivity contribution in [2.45, 2.75) is 17.7 Å². The van der Waals surface area contributed by atoms with Crippen LogP contribution in [0.4, 0.5) is 0 Å². The average molecular weight is 291 g/mol. The molecule has 0 spiro atoms. The van der Waals surface area contributed by atoms with Gasteiger partial charge in [-0.05, 0) is 39.9 Å². The Morgan fingerprint density at radius 2 is 2.20 bits per heavy atom. The lowest BCUT2D eigenvalue weighted by molar-refractivity contribution is 0.273. The molecule has 0 saturated carbocycles. The highest BCUT2D eigenvalue weighted by molar-refractivity contribution is 9.10. The van der Waals surface area contributed by atoms with Crippen molar-refractivity contribution in [1.82, 2.24) is 0 Å². The number of aliphatic hydroxyl groups is 1. The van der Waals surface area contributed by atoms with Gasteiger partial charge >= 0.3 is 0 Å². The lowest BCUT2D eigenvalue weighted by Crippen LogP contribution is -2.00. The largest absolute Gasteiger partial charge is 0.494 e. The minimum atomic E-state index is 0.151. The first-order valence-electron chi connectivity index (χ1n) is 4.66. The fourth-order valence-corrected chi connectivity index (χ4v) is 2.73. The van der Waals surface area contributed by atoms with E-state index in [1.54, 1.807) is 18.9 Å². The van der Waals surface area contributed by atoms with Gasteiger partial charge in [0, 0.05) is 12.5 Å². The predicted molar refractivity (Wildman–Crippen MR) is 68.0 cm³/mol. The van der Waals surface area contributed by atoms with Gasteiger partial charge in [0.2, 0.25) is 0 Å². The molecular weight excluding hydrogens is 276 g/mol. The number of benzene rings is 1. The summed E-state index contributed by atoms with van der Waals surface area (Å²) in [5.41, 5.74) is 1.12. The van der Waals surface area contributed by atoms with E-state index in [-0.39, 0.29) is 12.5 Å². The van der Waals surface area contributed by atoms with Crippen molar-refractivity contribution in [2.75, 3.05) is 20.0 Å². The van der Waals surface area contributed by atoms with Crippen LogP contribution >= 0.6 is 27.7 Å². The highest BCUT2D eigenvalue weighted by atomic mass is 79.9. The second-order valence-electron chi connectivity index (χ2n) is 3.32. The number of halogens is 1. The monoisotopic (exact) mass is 290 g/mol. The molecule has 2 nitrogen and oxygen atoms in total. The van der Waals surface area contributed by atoms with Crippen LogP contribution < -0.4 is 4.74 Å². The summed E-state index contributed by atoms with van der Waals surface area (Å²) >= 11 is 5.12. The normalized spacial score (nSPS) is 12.6. The van der Waals surface area contributed by atoms with E-state index in [1.807, 2.05) is 19.2 Å². The summed E-state index contributed by atoms with van der Waals surface area (Å²) in [6, 6.07) is 4.06. The van der Waals surface area contributed by atoms with Gasteiger partial charge in [-0.3, -0.25) is 0 Å². The molecular formula is C11H15BrO2S. The third-order valence-electron chi connectivity index (χ3n) is 2.30. The highest BCUT2D eigenvalue weighted by Crippen LogP contribution is 2.37. The summed E-state index contributed by atoms with van der Waals surface area (Å²) in [7, 11) is 1.66. The number of rotatable bonds is 4. The summed E-state index contributed by atoms with van der Waals surface area (Å²) in [5, 5.41) is 9.12. The minimum absolute atomic E-state index is 0.151. The van der Waals surface area contributed by atoms with Crippen LogP contribution in [-0.2, 0) is 0 Å². The van der Waals surface area contributed by atoms with Gasteiger partial charge in [-0.25, -0.2) is 0 Å². The van der Waals surface area contributed by atoms with Crippen LogP contribution in [0.15, 0.2) is 21.5 Å². The zero-order valence-corrected chi connectivity index (χ0v) is 11.5. The Kier molecular flexibility index (Phi) is 4.96. The van der Waals surface area contributed by atoms with E-state index in [1.165, 1.54) is 0 Å². The summed E-state index contributed by atoms with van der Waals surface area (Å²) < 4.78 is 6.24. The molecule has 0 aromatic heterocycles. The second kappa shape index (κ2) is 5.77. The quantitative estimate of drug-likeness (QED) is 0.863. The first-order chi connectivity index (χ1) is 7.13. The molecule has 0 fully saturated rings. The zero-order chi connectivity index (χ0) is 11.4. The number of methoxy groups -OCH3 is 1. The maximum absolute atomic E-state index is 9.12. The standard InChI is InChI=1S/C11H15BrO2S/c1-7(6-13)8-4-9(12)11(14-2)10(5-8)15-3/h4-5,7,13H,6H2,1-3H3.